The maximum Gasteiger partial charge on any atom is 0.409 e. The lowest BCUT2D eigenvalue weighted by molar-refractivity contribution is -0.142. The van der Waals surface area contributed by atoms with Gasteiger partial charge in [-0.05, 0) is 36.3 Å². The summed E-state index contributed by atoms with van der Waals surface area (Å²) in [5.41, 5.74) is 1.36. The fourth-order valence-corrected chi connectivity index (χ4v) is 5.07. The van der Waals surface area contributed by atoms with Gasteiger partial charge < -0.3 is 20.6 Å². The molecule has 9 heteroatoms. The van der Waals surface area contributed by atoms with E-state index >= 15 is 0 Å². The standard InChI is InChI=1S/C30H40N4O5/c1-5-6-17-24(26(35)27(36)32-21(2)23-15-11-8-12-16-23)34(29(38)39)25-18-30(3,4)20-33(25)28(37)31-19-22-13-9-7-10-14-22/h7-16,21,24-25H,5-6,17-20H2,1-4H3,(H,31,37)(H,32,36)(H,38,39)/t21?,24-,25?/m0/s1. The highest BCUT2D eigenvalue weighted by molar-refractivity contribution is 6.38. The lowest BCUT2D eigenvalue weighted by Crippen LogP contribution is -2.59. The first-order valence-electron chi connectivity index (χ1n) is 13.5. The molecule has 4 amide bonds. The van der Waals surface area contributed by atoms with Crippen LogP contribution in [-0.2, 0) is 16.1 Å². The number of urea groups is 1. The van der Waals surface area contributed by atoms with E-state index in [1.54, 1.807) is 6.92 Å². The Morgan fingerprint density at radius 2 is 1.67 bits per heavy atom. The molecule has 1 aliphatic rings. The Morgan fingerprint density at radius 1 is 1.05 bits per heavy atom. The Hall–Kier alpha value is -3.88. The van der Waals surface area contributed by atoms with E-state index in [2.05, 4.69) is 10.6 Å². The van der Waals surface area contributed by atoms with Crippen LogP contribution in [0.2, 0.25) is 0 Å². The van der Waals surface area contributed by atoms with Crippen molar-refractivity contribution in [3.8, 4) is 0 Å². The van der Waals surface area contributed by atoms with Crippen LogP contribution in [0.5, 0.6) is 0 Å². The SMILES string of the molecule is CCCC[C@@H](C(=O)C(=O)NC(C)c1ccccc1)N(C(=O)O)C1CC(C)(C)CN1C(=O)NCc1ccccc1. The molecule has 0 bridgehead atoms. The number of hydrogen-bond donors (Lipinski definition) is 3. The number of ketones is 1. The zero-order chi connectivity index (χ0) is 28.6. The Labute approximate surface area is 230 Å². The van der Waals surface area contributed by atoms with Gasteiger partial charge in [-0.3, -0.25) is 14.5 Å². The molecular weight excluding hydrogens is 496 g/mol. The first-order valence-corrected chi connectivity index (χ1v) is 13.5. The summed E-state index contributed by atoms with van der Waals surface area (Å²) in [6, 6.07) is 16.6. The van der Waals surface area contributed by atoms with Crippen LogP contribution in [0.25, 0.3) is 0 Å². The normalized spacial score (nSPS) is 17.6. The number of likely N-dealkylation sites (tertiary alicyclic amines) is 1. The average molecular weight is 537 g/mol. The van der Waals surface area contributed by atoms with Gasteiger partial charge >= 0.3 is 12.1 Å². The Balaban J connectivity index is 1.84. The third-order valence-electron chi connectivity index (χ3n) is 7.12. The van der Waals surface area contributed by atoms with Crippen molar-refractivity contribution in [3.63, 3.8) is 0 Å². The minimum atomic E-state index is -1.34. The molecule has 2 aromatic carbocycles. The number of nitrogens with zero attached hydrogens (tertiary/aromatic N) is 2. The van der Waals surface area contributed by atoms with Gasteiger partial charge in [0.15, 0.2) is 0 Å². The van der Waals surface area contributed by atoms with Gasteiger partial charge in [0.1, 0.15) is 12.2 Å². The number of amides is 4. The van der Waals surface area contributed by atoms with E-state index in [-0.39, 0.29) is 18.4 Å². The lowest BCUT2D eigenvalue weighted by atomic mass is 9.91. The number of carbonyl (C=O) groups is 4. The molecule has 2 aromatic rings. The van der Waals surface area contributed by atoms with Gasteiger partial charge in [-0.2, -0.15) is 0 Å². The van der Waals surface area contributed by atoms with Crippen LogP contribution in [0.15, 0.2) is 60.7 Å². The second-order valence-electron chi connectivity index (χ2n) is 10.9. The van der Waals surface area contributed by atoms with Crippen molar-refractivity contribution in [1.82, 2.24) is 20.4 Å². The highest BCUT2D eigenvalue weighted by Gasteiger charge is 2.48. The molecule has 1 fully saturated rings. The fourth-order valence-electron chi connectivity index (χ4n) is 5.07. The summed E-state index contributed by atoms with van der Waals surface area (Å²) in [5, 5.41) is 16.0. The molecule has 3 N–H and O–H groups in total. The van der Waals surface area contributed by atoms with Crippen LogP contribution in [0, 0.1) is 5.41 Å². The zero-order valence-corrected chi connectivity index (χ0v) is 23.2. The minimum absolute atomic E-state index is 0.186. The van der Waals surface area contributed by atoms with Gasteiger partial charge in [0.25, 0.3) is 5.91 Å². The molecule has 1 aliphatic heterocycles. The van der Waals surface area contributed by atoms with Crippen molar-refractivity contribution >= 4 is 23.8 Å². The molecule has 0 aromatic heterocycles. The number of rotatable bonds is 11. The molecule has 0 radical (unpaired) electrons. The Bertz CT molecular complexity index is 1140. The average Bonchev–Trinajstić information content (AvgIpc) is 3.24. The minimum Gasteiger partial charge on any atom is -0.465 e. The molecule has 210 valence electrons. The first-order chi connectivity index (χ1) is 18.5. The highest BCUT2D eigenvalue weighted by Crippen LogP contribution is 2.37. The van der Waals surface area contributed by atoms with E-state index in [4.69, 9.17) is 0 Å². The van der Waals surface area contributed by atoms with Crippen molar-refractivity contribution in [2.75, 3.05) is 6.54 Å². The van der Waals surface area contributed by atoms with E-state index < -0.39 is 42.1 Å². The molecule has 0 aliphatic carbocycles. The van der Waals surface area contributed by atoms with Crippen LogP contribution in [-0.4, -0.2) is 57.5 Å². The number of hydrogen-bond acceptors (Lipinski definition) is 4. The zero-order valence-electron chi connectivity index (χ0n) is 23.2. The summed E-state index contributed by atoms with van der Waals surface area (Å²) in [6.07, 6.45) is -0.425. The van der Waals surface area contributed by atoms with Crippen molar-refractivity contribution in [2.45, 2.75) is 78.2 Å². The summed E-state index contributed by atoms with van der Waals surface area (Å²) < 4.78 is 0. The maximum atomic E-state index is 13.5. The van der Waals surface area contributed by atoms with Crippen LogP contribution in [0.1, 0.15) is 70.5 Å². The van der Waals surface area contributed by atoms with Gasteiger partial charge in [0.2, 0.25) is 5.78 Å². The van der Waals surface area contributed by atoms with E-state index in [0.29, 0.717) is 19.4 Å². The molecular formula is C30H40N4O5. The van der Waals surface area contributed by atoms with Crippen LogP contribution < -0.4 is 10.6 Å². The summed E-state index contributed by atoms with van der Waals surface area (Å²) in [6.45, 7) is 8.23. The number of unbranched alkanes of at least 4 members (excludes halogenated alkanes) is 1. The van der Waals surface area contributed by atoms with Gasteiger partial charge in [-0.25, -0.2) is 9.59 Å². The molecule has 1 saturated heterocycles. The lowest BCUT2D eigenvalue weighted by Gasteiger charge is -2.37. The third kappa shape index (κ3) is 7.81. The van der Waals surface area contributed by atoms with E-state index in [0.717, 1.165) is 22.4 Å². The number of nitrogens with one attached hydrogen (secondary N) is 2. The van der Waals surface area contributed by atoms with Crippen molar-refractivity contribution in [1.29, 1.82) is 0 Å². The molecule has 0 saturated carbocycles. The first kappa shape index (κ1) is 29.7. The summed E-state index contributed by atoms with van der Waals surface area (Å²) in [5.74, 6) is -1.65. The fraction of sp³-hybridized carbons (Fsp3) is 0.467. The largest absolute Gasteiger partial charge is 0.465 e. The molecule has 3 rings (SSSR count). The van der Waals surface area contributed by atoms with Crippen LogP contribution >= 0.6 is 0 Å². The highest BCUT2D eigenvalue weighted by atomic mass is 16.4. The molecule has 3 atom stereocenters. The second-order valence-corrected chi connectivity index (χ2v) is 10.9. The topological polar surface area (TPSA) is 119 Å². The summed E-state index contributed by atoms with van der Waals surface area (Å²) in [4.78, 5) is 55.2. The van der Waals surface area contributed by atoms with Gasteiger partial charge in [0.05, 0.1) is 6.04 Å². The van der Waals surface area contributed by atoms with E-state index in [9.17, 15) is 24.3 Å². The van der Waals surface area contributed by atoms with Crippen molar-refractivity contribution in [2.24, 2.45) is 5.41 Å². The molecule has 0 spiro atoms. The summed E-state index contributed by atoms with van der Waals surface area (Å²) in [7, 11) is 0. The van der Waals surface area contributed by atoms with Crippen molar-refractivity contribution < 1.29 is 24.3 Å². The van der Waals surface area contributed by atoms with Gasteiger partial charge in [-0.15, -0.1) is 0 Å². The van der Waals surface area contributed by atoms with E-state index in [1.807, 2.05) is 81.4 Å². The predicted octanol–water partition coefficient (Wildman–Crippen LogP) is 4.94. The Morgan fingerprint density at radius 3 is 2.26 bits per heavy atom. The summed E-state index contributed by atoms with van der Waals surface area (Å²) >= 11 is 0. The van der Waals surface area contributed by atoms with Crippen LogP contribution in [0.4, 0.5) is 9.59 Å². The molecule has 2 unspecified atom stereocenters. The van der Waals surface area contributed by atoms with Crippen molar-refractivity contribution in [3.05, 3.63) is 71.8 Å². The number of benzene rings is 2. The molecule has 1 heterocycles. The van der Waals surface area contributed by atoms with E-state index in [1.165, 1.54) is 4.90 Å². The number of carbonyl (C=O) groups excluding carboxylic acids is 3. The maximum absolute atomic E-state index is 13.5. The van der Waals surface area contributed by atoms with Gasteiger partial charge in [-0.1, -0.05) is 94.3 Å². The second kappa shape index (κ2) is 13.3. The Kier molecular flexibility index (Phi) is 10.1. The monoisotopic (exact) mass is 536 g/mol. The van der Waals surface area contributed by atoms with Crippen LogP contribution in [0.3, 0.4) is 0 Å². The third-order valence-corrected chi connectivity index (χ3v) is 7.12. The number of carboxylic acid groups (broad SMARTS) is 1. The molecule has 9 nitrogen and oxygen atoms in total. The van der Waals surface area contributed by atoms with Gasteiger partial charge in [0, 0.05) is 13.1 Å². The number of Topliss-reactive ketones (excluding diaryl/α,β-unsaturated/α-hetero) is 1. The predicted molar refractivity (Wildman–Crippen MR) is 149 cm³/mol. The quantitative estimate of drug-likeness (QED) is 0.352. The molecule has 39 heavy (non-hydrogen) atoms. The smallest absolute Gasteiger partial charge is 0.409 e.